The van der Waals surface area contributed by atoms with E-state index in [2.05, 4.69) is 10.2 Å². The Hall–Kier alpha value is -3.64. The van der Waals surface area contributed by atoms with Gasteiger partial charge in [-0.25, -0.2) is 4.79 Å². The van der Waals surface area contributed by atoms with Crippen LogP contribution in [0.3, 0.4) is 0 Å². The maximum absolute atomic E-state index is 13.1. The summed E-state index contributed by atoms with van der Waals surface area (Å²) in [6, 6.07) is 18.9. The van der Waals surface area contributed by atoms with Crippen molar-refractivity contribution in [1.82, 2.24) is 10.2 Å². The number of likely N-dealkylation sites (tertiary alicyclic amines) is 1. The van der Waals surface area contributed by atoms with Gasteiger partial charge in [0, 0.05) is 11.9 Å². The molecule has 0 unspecified atom stereocenters. The minimum Gasteiger partial charge on any atom is -0.488 e. The second-order valence-corrected chi connectivity index (χ2v) is 8.97. The molecule has 1 fully saturated rings. The number of carbonyl (C=O) groups excluding carboxylic acids is 1. The molecule has 4 rings (SSSR count). The van der Waals surface area contributed by atoms with Gasteiger partial charge in [-0.05, 0) is 80.5 Å². The minimum atomic E-state index is -0.965. The Bertz CT molecular complexity index is 1220. The van der Waals surface area contributed by atoms with Crippen molar-refractivity contribution in [3.05, 3.63) is 82.9 Å². The molecular weight excluding hydrogens is 440 g/mol. The Morgan fingerprint density at radius 1 is 1.06 bits per heavy atom. The summed E-state index contributed by atoms with van der Waals surface area (Å²) >= 11 is 0. The molecule has 0 aliphatic carbocycles. The summed E-state index contributed by atoms with van der Waals surface area (Å²) in [6.07, 6.45) is 5.19. The summed E-state index contributed by atoms with van der Waals surface area (Å²) < 4.78 is 6.12. The van der Waals surface area contributed by atoms with Crippen LogP contribution in [0.15, 0.2) is 66.2 Å². The lowest BCUT2D eigenvalue weighted by molar-refractivity contribution is -0.117. The van der Waals surface area contributed by atoms with Gasteiger partial charge in [0.25, 0.3) is 5.91 Å². The van der Waals surface area contributed by atoms with E-state index < -0.39 is 5.97 Å². The molecule has 1 heterocycles. The summed E-state index contributed by atoms with van der Waals surface area (Å²) in [5, 5.41) is 14.4. The number of nitrogens with one attached hydrogen (secondary N) is 1. The van der Waals surface area contributed by atoms with Gasteiger partial charge in [-0.1, -0.05) is 48.5 Å². The van der Waals surface area contributed by atoms with Crippen molar-refractivity contribution in [3.8, 4) is 5.75 Å². The van der Waals surface area contributed by atoms with Gasteiger partial charge in [-0.2, -0.15) is 0 Å². The smallest absolute Gasteiger partial charge is 0.335 e. The Balaban J connectivity index is 1.50. The van der Waals surface area contributed by atoms with Crippen LogP contribution in [0.2, 0.25) is 0 Å². The third-order valence-electron chi connectivity index (χ3n) is 6.38. The third kappa shape index (κ3) is 6.49. The first-order valence-electron chi connectivity index (χ1n) is 12.2. The van der Waals surface area contributed by atoms with Gasteiger partial charge < -0.3 is 20.1 Å². The highest BCUT2D eigenvalue weighted by Gasteiger charge is 2.14. The standard InChI is InChI=1S/C29H32N2O4/c1-21-18-22(12-13-25(21)29(33)34)19-24(28(32)30-14-7-17-31-15-4-5-16-31)20-35-27-11-6-9-23-8-2-3-10-26(23)27/h2-3,6,8-13,18-19H,4-5,7,14-17,20H2,1H3,(H,30,32)(H,33,34). The molecule has 3 aromatic rings. The number of ether oxygens (including phenoxy) is 1. The molecule has 1 saturated heterocycles. The molecule has 1 aliphatic heterocycles. The van der Waals surface area contributed by atoms with Gasteiger partial charge in [0.15, 0.2) is 0 Å². The van der Waals surface area contributed by atoms with Gasteiger partial charge in [0.05, 0.1) is 11.1 Å². The number of amides is 1. The lowest BCUT2D eigenvalue weighted by atomic mass is 10.0. The van der Waals surface area contributed by atoms with Crippen LogP contribution >= 0.6 is 0 Å². The van der Waals surface area contributed by atoms with Crippen molar-refractivity contribution in [2.24, 2.45) is 0 Å². The van der Waals surface area contributed by atoms with Gasteiger partial charge in [0.1, 0.15) is 12.4 Å². The van der Waals surface area contributed by atoms with E-state index in [0.29, 0.717) is 23.4 Å². The summed E-state index contributed by atoms with van der Waals surface area (Å²) in [6.45, 7) is 5.73. The molecule has 2 N–H and O–H groups in total. The van der Waals surface area contributed by atoms with Crippen LogP contribution in [0.1, 0.15) is 40.7 Å². The highest BCUT2D eigenvalue weighted by Crippen LogP contribution is 2.26. The number of aromatic carboxylic acids is 1. The van der Waals surface area contributed by atoms with Gasteiger partial charge in [-0.15, -0.1) is 0 Å². The monoisotopic (exact) mass is 472 g/mol. The van der Waals surface area contributed by atoms with Crippen LogP contribution in [0.5, 0.6) is 5.75 Å². The third-order valence-corrected chi connectivity index (χ3v) is 6.38. The van der Waals surface area contributed by atoms with E-state index in [1.165, 1.54) is 12.8 Å². The maximum atomic E-state index is 13.1. The average molecular weight is 473 g/mol. The molecule has 6 nitrogen and oxygen atoms in total. The predicted octanol–water partition coefficient (Wildman–Crippen LogP) is 4.91. The summed E-state index contributed by atoms with van der Waals surface area (Å²) in [4.78, 5) is 26.9. The summed E-state index contributed by atoms with van der Waals surface area (Å²) in [7, 11) is 0. The first kappa shape index (κ1) is 24.5. The fraction of sp³-hybridized carbons (Fsp3) is 0.310. The number of hydrogen-bond acceptors (Lipinski definition) is 4. The van der Waals surface area contributed by atoms with Crippen LogP contribution in [0, 0.1) is 6.92 Å². The number of aryl methyl sites for hydroxylation is 1. The lowest BCUT2D eigenvalue weighted by Crippen LogP contribution is -2.31. The molecule has 3 aromatic carbocycles. The van der Waals surface area contributed by atoms with Crippen molar-refractivity contribution in [3.63, 3.8) is 0 Å². The molecule has 35 heavy (non-hydrogen) atoms. The van der Waals surface area contributed by atoms with Crippen molar-refractivity contribution < 1.29 is 19.4 Å². The van der Waals surface area contributed by atoms with Crippen molar-refractivity contribution in [1.29, 1.82) is 0 Å². The lowest BCUT2D eigenvalue weighted by Gasteiger charge is -2.15. The second-order valence-electron chi connectivity index (χ2n) is 8.97. The molecule has 6 heteroatoms. The highest BCUT2D eigenvalue weighted by molar-refractivity contribution is 5.98. The van der Waals surface area contributed by atoms with Crippen molar-refractivity contribution >= 4 is 28.7 Å². The predicted molar refractivity (Wildman–Crippen MR) is 139 cm³/mol. The van der Waals surface area contributed by atoms with E-state index >= 15 is 0 Å². The normalized spacial score (nSPS) is 14.3. The van der Waals surface area contributed by atoms with Crippen molar-refractivity contribution in [2.75, 3.05) is 32.8 Å². The molecule has 0 atom stereocenters. The zero-order chi connectivity index (χ0) is 24.6. The maximum Gasteiger partial charge on any atom is 0.335 e. The average Bonchev–Trinajstić information content (AvgIpc) is 3.37. The zero-order valence-electron chi connectivity index (χ0n) is 20.1. The van der Waals surface area contributed by atoms with Crippen LogP contribution in [0.4, 0.5) is 0 Å². The molecule has 182 valence electrons. The van der Waals surface area contributed by atoms with Gasteiger partial charge in [0.2, 0.25) is 0 Å². The Kier molecular flexibility index (Phi) is 8.16. The number of carboxylic acids is 1. The van der Waals surface area contributed by atoms with E-state index in [1.54, 1.807) is 31.2 Å². The first-order chi connectivity index (χ1) is 17.0. The molecule has 0 radical (unpaired) electrons. The fourth-order valence-corrected chi connectivity index (χ4v) is 4.49. The second kappa shape index (κ2) is 11.7. The molecule has 0 bridgehead atoms. The number of rotatable bonds is 10. The number of carboxylic acid groups (broad SMARTS) is 1. The van der Waals surface area contributed by atoms with Gasteiger partial charge >= 0.3 is 5.97 Å². The molecule has 1 amide bonds. The largest absolute Gasteiger partial charge is 0.488 e. The Morgan fingerprint density at radius 3 is 2.60 bits per heavy atom. The number of nitrogens with zero attached hydrogens (tertiary/aromatic N) is 1. The van der Waals surface area contributed by atoms with E-state index in [4.69, 9.17) is 4.74 Å². The van der Waals surface area contributed by atoms with Crippen LogP contribution in [-0.2, 0) is 4.79 Å². The first-order valence-corrected chi connectivity index (χ1v) is 12.2. The van der Waals surface area contributed by atoms with Gasteiger partial charge in [-0.3, -0.25) is 4.79 Å². The molecular formula is C29H32N2O4. The van der Waals surface area contributed by atoms with Crippen molar-refractivity contribution in [2.45, 2.75) is 26.2 Å². The summed E-state index contributed by atoms with van der Waals surface area (Å²) in [5.74, 6) is -0.423. The summed E-state index contributed by atoms with van der Waals surface area (Å²) in [5.41, 5.74) is 2.14. The number of carbonyl (C=O) groups is 2. The van der Waals surface area contributed by atoms with E-state index in [9.17, 15) is 14.7 Å². The number of hydrogen-bond donors (Lipinski definition) is 2. The SMILES string of the molecule is Cc1cc(C=C(COc2cccc3ccccc23)C(=O)NCCCN2CCCC2)ccc1C(=O)O. The zero-order valence-corrected chi connectivity index (χ0v) is 20.1. The topological polar surface area (TPSA) is 78.9 Å². The fourth-order valence-electron chi connectivity index (χ4n) is 4.49. The number of fused-ring (bicyclic) bond motifs is 1. The van der Waals surface area contributed by atoms with Crippen LogP contribution in [0.25, 0.3) is 16.8 Å². The number of benzene rings is 3. The molecule has 0 spiro atoms. The Labute approximate surface area is 206 Å². The highest BCUT2D eigenvalue weighted by atomic mass is 16.5. The minimum absolute atomic E-state index is 0.103. The van der Waals surface area contributed by atoms with E-state index in [0.717, 1.165) is 42.4 Å². The molecule has 1 aliphatic rings. The quantitative estimate of drug-likeness (QED) is 0.324. The van der Waals surface area contributed by atoms with Crippen LogP contribution in [-0.4, -0.2) is 54.7 Å². The Morgan fingerprint density at radius 2 is 1.83 bits per heavy atom. The van der Waals surface area contributed by atoms with Crippen LogP contribution < -0.4 is 10.1 Å². The van der Waals surface area contributed by atoms with E-state index in [-0.39, 0.29) is 18.1 Å². The molecule has 0 saturated carbocycles. The molecule has 0 aromatic heterocycles. The van der Waals surface area contributed by atoms with E-state index in [1.807, 2.05) is 42.5 Å².